The van der Waals surface area contributed by atoms with Crippen LogP contribution < -0.4 is 14.2 Å². The first-order valence-corrected chi connectivity index (χ1v) is 10.6. The first-order valence-electron chi connectivity index (χ1n) is 10.6. The lowest BCUT2D eigenvalue weighted by atomic mass is 9.98. The number of aliphatic hydroxyl groups is 1. The molecule has 0 amide bonds. The van der Waals surface area contributed by atoms with Gasteiger partial charge in [0.25, 0.3) is 0 Å². The van der Waals surface area contributed by atoms with Crippen LogP contribution in [0.2, 0.25) is 0 Å². The van der Waals surface area contributed by atoms with Crippen LogP contribution >= 0.6 is 0 Å². The fraction of sp³-hybridized carbons (Fsp3) is 0.478. The van der Waals surface area contributed by atoms with Gasteiger partial charge in [-0.25, -0.2) is 9.97 Å². The molecule has 1 saturated heterocycles. The first kappa shape index (κ1) is 20.6. The van der Waals surface area contributed by atoms with Gasteiger partial charge < -0.3 is 19.3 Å². The molecule has 0 bridgehead atoms. The molecule has 0 radical (unpaired) electrons. The predicted molar refractivity (Wildman–Crippen MR) is 115 cm³/mol. The molecule has 2 aliphatic rings. The van der Waals surface area contributed by atoms with E-state index in [0.717, 1.165) is 62.0 Å². The number of aromatic nitrogens is 2. The van der Waals surface area contributed by atoms with E-state index < -0.39 is 0 Å². The number of rotatable bonds is 8. The number of benzene rings is 1. The number of aliphatic hydroxyl groups excluding tert-OH is 1. The topological polar surface area (TPSA) is 76.9 Å². The number of ether oxygens (including phenoxy) is 3. The second-order valence-corrected chi connectivity index (χ2v) is 7.72. The number of likely N-dealkylation sites (tertiary alicyclic amines) is 1. The van der Waals surface area contributed by atoms with Gasteiger partial charge in [0, 0.05) is 25.6 Å². The maximum absolute atomic E-state index is 9.28. The Hall–Kier alpha value is -2.64. The molecule has 30 heavy (non-hydrogen) atoms. The highest BCUT2D eigenvalue weighted by atomic mass is 16.5. The van der Waals surface area contributed by atoms with Gasteiger partial charge in [-0.15, -0.1) is 0 Å². The average molecular weight is 412 g/mol. The van der Waals surface area contributed by atoms with Gasteiger partial charge in [-0.3, -0.25) is 4.90 Å². The van der Waals surface area contributed by atoms with Crippen molar-refractivity contribution < 1.29 is 19.3 Å². The molecule has 0 saturated carbocycles. The summed E-state index contributed by atoms with van der Waals surface area (Å²) in [6.45, 7) is 3.71. The number of nitrogens with zero attached hydrogens (tertiary/aromatic N) is 3. The zero-order valence-electron chi connectivity index (χ0n) is 17.4. The van der Waals surface area contributed by atoms with Crippen LogP contribution in [0.3, 0.4) is 0 Å². The zero-order chi connectivity index (χ0) is 20.8. The van der Waals surface area contributed by atoms with E-state index in [2.05, 4.69) is 20.9 Å². The van der Waals surface area contributed by atoms with Crippen molar-refractivity contribution in [2.75, 3.05) is 40.0 Å². The summed E-state index contributed by atoms with van der Waals surface area (Å²) >= 11 is 0. The second kappa shape index (κ2) is 9.91. The third-order valence-electron chi connectivity index (χ3n) is 5.72. The van der Waals surface area contributed by atoms with Crippen LogP contribution in [0.15, 0.2) is 42.4 Å². The highest BCUT2D eigenvalue weighted by Gasteiger charge is 2.19. The molecule has 1 N–H and O–H groups in total. The lowest BCUT2D eigenvalue weighted by Crippen LogP contribution is -2.37. The largest absolute Gasteiger partial charge is 0.493 e. The summed E-state index contributed by atoms with van der Waals surface area (Å²) in [5, 5.41) is 10.1. The predicted octanol–water partition coefficient (Wildman–Crippen LogP) is 3.33. The van der Waals surface area contributed by atoms with Crippen molar-refractivity contribution >= 4 is 10.9 Å². The second-order valence-electron chi connectivity index (χ2n) is 7.72. The smallest absolute Gasteiger partial charge is 0.229 e. The Morgan fingerprint density at radius 2 is 2.03 bits per heavy atom. The molecule has 1 fully saturated rings. The number of piperidine rings is 1. The average Bonchev–Trinajstić information content (AvgIpc) is 2.80. The van der Waals surface area contributed by atoms with Crippen LogP contribution in [-0.4, -0.2) is 59.9 Å². The number of hydrogen-bond donors (Lipinski definition) is 1. The van der Waals surface area contributed by atoms with Crippen LogP contribution in [0.5, 0.6) is 17.4 Å². The molecule has 4 rings (SSSR count). The molecule has 1 aliphatic heterocycles. The number of fused-ring (bicyclic) bond motifs is 1. The van der Waals surface area contributed by atoms with Gasteiger partial charge in [0.15, 0.2) is 11.5 Å². The summed E-state index contributed by atoms with van der Waals surface area (Å²) in [5.41, 5.74) is 0.756. The minimum atomic E-state index is 0.292. The molecule has 1 aromatic heterocycles. The Bertz CT molecular complexity index is 920. The Kier molecular flexibility index (Phi) is 6.81. The molecule has 1 aromatic carbocycles. The Morgan fingerprint density at radius 3 is 2.77 bits per heavy atom. The normalized spacial score (nSPS) is 17.7. The van der Waals surface area contributed by atoms with Gasteiger partial charge >= 0.3 is 0 Å². The highest BCUT2D eigenvalue weighted by molar-refractivity contribution is 5.86. The Morgan fingerprint density at radius 1 is 1.17 bits per heavy atom. The lowest BCUT2D eigenvalue weighted by molar-refractivity contribution is 0.118. The SMILES string of the molecule is COc1cc2c(OC3=CC=CCC3)ncnc2cc1OCCN1CCC(CO)CC1. The molecule has 2 aromatic rings. The van der Waals surface area contributed by atoms with E-state index in [1.807, 2.05) is 24.3 Å². The minimum Gasteiger partial charge on any atom is -0.493 e. The molecule has 7 heteroatoms. The molecule has 0 unspecified atom stereocenters. The summed E-state index contributed by atoms with van der Waals surface area (Å²) in [6.07, 6.45) is 11.5. The molecule has 1 aliphatic carbocycles. The maximum Gasteiger partial charge on any atom is 0.229 e. The molecule has 7 nitrogen and oxygen atoms in total. The summed E-state index contributed by atoms with van der Waals surface area (Å²) < 4.78 is 17.6. The quantitative estimate of drug-likeness (QED) is 0.714. The zero-order valence-corrected chi connectivity index (χ0v) is 17.4. The number of methoxy groups -OCH3 is 1. The first-order chi connectivity index (χ1) is 14.8. The van der Waals surface area contributed by atoms with Gasteiger partial charge in [0.2, 0.25) is 5.88 Å². The van der Waals surface area contributed by atoms with Crippen molar-refractivity contribution in [3.63, 3.8) is 0 Å². The van der Waals surface area contributed by atoms with E-state index in [4.69, 9.17) is 14.2 Å². The summed E-state index contributed by atoms with van der Waals surface area (Å²) in [6, 6.07) is 3.77. The Balaban J connectivity index is 1.45. The fourth-order valence-electron chi connectivity index (χ4n) is 3.86. The standard InChI is InChI=1S/C23H29N3O4/c1-28-21-13-19-20(24-16-25-23(19)30-18-5-3-2-4-6-18)14-22(21)29-12-11-26-9-7-17(15-27)8-10-26/h2-3,5,13-14,16-17,27H,4,6-12,15H2,1H3. The van der Waals surface area contributed by atoms with Crippen LogP contribution in [0.25, 0.3) is 10.9 Å². The maximum atomic E-state index is 9.28. The van der Waals surface area contributed by atoms with Crippen molar-refractivity contribution in [2.45, 2.75) is 25.7 Å². The van der Waals surface area contributed by atoms with Crippen LogP contribution in [0.1, 0.15) is 25.7 Å². The molecule has 160 valence electrons. The van der Waals surface area contributed by atoms with Crippen molar-refractivity contribution in [1.82, 2.24) is 14.9 Å². The summed E-state index contributed by atoms with van der Waals surface area (Å²) in [5.74, 6) is 3.16. The monoisotopic (exact) mass is 411 g/mol. The lowest BCUT2D eigenvalue weighted by Gasteiger charge is -2.30. The fourth-order valence-corrected chi connectivity index (χ4v) is 3.86. The van der Waals surface area contributed by atoms with E-state index in [1.54, 1.807) is 7.11 Å². The van der Waals surface area contributed by atoms with Crippen molar-refractivity contribution in [2.24, 2.45) is 5.92 Å². The van der Waals surface area contributed by atoms with Gasteiger partial charge in [0.05, 0.1) is 18.0 Å². The van der Waals surface area contributed by atoms with Gasteiger partial charge in [-0.1, -0.05) is 12.2 Å². The van der Waals surface area contributed by atoms with Gasteiger partial charge in [0.1, 0.15) is 18.7 Å². The van der Waals surface area contributed by atoms with Crippen molar-refractivity contribution in [1.29, 1.82) is 0 Å². The molecule has 2 heterocycles. The highest BCUT2D eigenvalue weighted by Crippen LogP contribution is 2.35. The minimum absolute atomic E-state index is 0.292. The van der Waals surface area contributed by atoms with E-state index >= 15 is 0 Å². The molecule has 0 spiro atoms. The molecule has 0 atom stereocenters. The van der Waals surface area contributed by atoms with E-state index in [-0.39, 0.29) is 0 Å². The van der Waals surface area contributed by atoms with Crippen molar-refractivity contribution in [3.8, 4) is 17.4 Å². The van der Waals surface area contributed by atoms with E-state index in [9.17, 15) is 5.11 Å². The van der Waals surface area contributed by atoms with Crippen LogP contribution in [-0.2, 0) is 0 Å². The van der Waals surface area contributed by atoms with E-state index in [0.29, 0.717) is 36.5 Å². The van der Waals surface area contributed by atoms with E-state index in [1.165, 1.54) is 6.33 Å². The Labute approximate surface area is 177 Å². The van der Waals surface area contributed by atoms with Crippen molar-refractivity contribution in [3.05, 3.63) is 42.4 Å². The van der Waals surface area contributed by atoms with Gasteiger partial charge in [-0.2, -0.15) is 0 Å². The van der Waals surface area contributed by atoms with Crippen LogP contribution in [0, 0.1) is 5.92 Å². The van der Waals surface area contributed by atoms with Crippen LogP contribution in [0.4, 0.5) is 0 Å². The molecular weight excluding hydrogens is 382 g/mol. The summed E-state index contributed by atoms with van der Waals surface area (Å²) in [4.78, 5) is 11.1. The summed E-state index contributed by atoms with van der Waals surface area (Å²) in [7, 11) is 1.63. The number of allylic oxidation sites excluding steroid dienone is 4. The third kappa shape index (κ3) is 4.91. The molecular formula is C23H29N3O4. The van der Waals surface area contributed by atoms with Gasteiger partial charge in [-0.05, 0) is 50.4 Å². The number of hydrogen-bond acceptors (Lipinski definition) is 7. The third-order valence-corrected chi connectivity index (χ3v) is 5.72.